The lowest BCUT2D eigenvalue weighted by Gasteiger charge is -2.20. The zero-order valence-electron chi connectivity index (χ0n) is 13.0. The molecule has 0 aliphatic carbocycles. The molecule has 21 heavy (non-hydrogen) atoms. The smallest absolute Gasteiger partial charge is 0.228 e. The predicted molar refractivity (Wildman–Crippen MR) is 87.2 cm³/mol. The van der Waals surface area contributed by atoms with Crippen molar-refractivity contribution in [2.75, 3.05) is 0 Å². The SMILES string of the molecule is CCC(C(=O)NC(C)c1ccc(C)cc1)c1ccccc1. The highest BCUT2D eigenvalue weighted by atomic mass is 16.1. The van der Waals surface area contributed by atoms with Gasteiger partial charge in [-0.05, 0) is 31.4 Å². The van der Waals surface area contributed by atoms with Crippen molar-refractivity contribution in [2.24, 2.45) is 0 Å². The number of amides is 1. The average molecular weight is 281 g/mol. The van der Waals surface area contributed by atoms with Crippen LogP contribution in [0.4, 0.5) is 0 Å². The molecule has 2 aromatic carbocycles. The van der Waals surface area contributed by atoms with Crippen LogP contribution >= 0.6 is 0 Å². The second-order valence-corrected chi connectivity index (χ2v) is 5.51. The van der Waals surface area contributed by atoms with E-state index < -0.39 is 0 Å². The molecular weight excluding hydrogens is 258 g/mol. The van der Waals surface area contributed by atoms with E-state index in [-0.39, 0.29) is 17.9 Å². The molecule has 110 valence electrons. The van der Waals surface area contributed by atoms with E-state index in [1.165, 1.54) is 5.56 Å². The quantitative estimate of drug-likeness (QED) is 0.866. The van der Waals surface area contributed by atoms with Crippen molar-refractivity contribution in [3.63, 3.8) is 0 Å². The molecule has 0 radical (unpaired) electrons. The van der Waals surface area contributed by atoms with Crippen molar-refractivity contribution in [2.45, 2.75) is 39.2 Å². The van der Waals surface area contributed by atoms with Crippen LogP contribution in [0.5, 0.6) is 0 Å². The Hall–Kier alpha value is -2.09. The second kappa shape index (κ2) is 7.07. The molecule has 1 amide bonds. The largest absolute Gasteiger partial charge is 0.349 e. The molecule has 2 rings (SSSR count). The third-order valence-electron chi connectivity index (χ3n) is 3.86. The van der Waals surface area contributed by atoms with Crippen LogP contribution in [0.25, 0.3) is 0 Å². The summed E-state index contributed by atoms with van der Waals surface area (Å²) >= 11 is 0. The Morgan fingerprint density at radius 1 is 1.00 bits per heavy atom. The van der Waals surface area contributed by atoms with E-state index in [1.807, 2.05) is 44.2 Å². The number of aryl methyl sites for hydroxylation is 1. The Balaban J connectivity index is 2.07. The first-order valence-corrected chi connectivity index (χ1v) is 7.53. The first-order valence-electron chi connectivity index (χ1n) is 7.53. The van der Waals surface area contributed by atoms with Crippen LogP contribution in [0.15, 0.2) is 54.6 Å². The molecule has 2 atom stereocenters. The monoisotopic (exact) mass is 281 g/mol. The maximum absolute atomic E-state index is 12.5. The number of hydrogen-bond donors (Lipinski definition) is 1. The molecule has 0 bridgehead atoms. The third-order valence-corrected chi connectivity index (χ3v) is 3.86. The summed E-state index contributed by atoms with van der Waals surface area (Å²) in [6, 6.07) is 18.3. The molecule has 0 fully saturated rings. The molecule has 2 heteroatoms. The zero-order chi connectivity index (χ0) is 15.2. The highest BCUT2D eigenvalue weighted by Crippen LogP contribution is 2.21. The fraction of sp³-hybridized carbons (Fsp3) is 0.316. The minimum Gasteiger partial charge on any atom is -0.349 e. The number of carbonyl (C=O) groups is 1. The molecule has 1 N–H and O–H groups in total. The summed E-state index contributed by atoms with van der Waals surface area (Å²) in [5, 5.41) is 3.13. The molecule has 0 aliphatic rings. The van der Waals surface area contributed by atoms with Gasteiger partial charge in [-0.3, -0.25) is 4.79 Å². The zero-order valence-corrected chi connectivity index (χ0v) is 13.0. The molecule has 2 unspecified atom stereocenters. The summed E-state index contributed by atoms with van der Waals surface area (Å²) < 4.78 is 0. The van der Waals surface area contributed by atoms with E-state index in [9.17, 15) is 4.79 Å². The normalized spacial score (nSPS) is 13.5. The van der Waals surface area contributed by atoms with Gasteiger partial charge in [-0.1, -0.05) is 67.1 Å². The fourth-order valence-electron chi connectivity index (χ4n) is 2.51. The summed E-state index contributed by atoms with van der Waals surface area (Å²) in [4.78, 5) is 12.5. The molecule has 0 saturated carbocycles. The van der Waals surface area contributed by atoms with Crippen LogP contribution in [0.1, 0.15) is 48.9 Å². The van der Waals surface area contributed by atoms with E-state index in [0.29, 0.717) is 0 Å². The predicted octanol–water partition coefficient (Wildman–Crippen LogP) is 4.37. The van der Waals surface area contributed by atoms with Gasteiger partial charge in [0.1, 0.15) is 0 Å². The summed E-state index contributed by atoms with van der Waals surface area (Å²) in [6.45, 7) is 6.14. The summed E-state index contributed by atoms with van der Waals surface area (Å²) in [5.74, 6) is 0.0101. The van der Waals surface area contributed by atoms with Crippen LogP contribution in [0.3, 0.4) is 0 Å². The number of benzene rings is 2. The molecule has 2 nitrogen and oxygen atoms in total. The number of rotatable bonds is 5. The van der Waals surface area contributed by atoms with Gasteiger partial charge in [0, 0.05) is 0 Å². The Kier molecular flexibility index (Phi) is 5.15. The maximum Gasteiger partial charge on any atom is 0.228 e. The van der Waals surface area contributed by atoms with E-state index in [1.54, 1.807) is 0 Å². The lowest BCUT2D eigenvalue weighted by molar-refractivity contribution is -0.123. The van der Waals surface area contributed by atoms with Gasteiger partial charge in [0.25, 0.3) is 0 Å². The Morgan fingerprint density at radius 3 is 2.19 bits per heavy atom. The topological polar surface area (TPSA) is 29.1 Å². The van der Waals surface area contributed by atoms with Crippen molar-refractivity contribution >= 4 is 5.91 Å². The minimum atomic E-state index is -0.0842. The minimum absolute atomic E-state index is 0.0239. The van der Waals surface area contributed by atoms with Crippen molar-refractivity contribution in [3.8, 4) is 0 Å². The Bertz CT molecular complexity index is 574. The highest BCUT2D eigenvalue weighted by molar-refractivity contribution is 5.83. The number of carbonyl (C=O) groups excluding carboxylic acids is 1. The lowest BCUT2D eigenvalue weighted by Crippen LogP contribution is -2.31. The first kappa shape index (κ1) is 15.3. The van der Waals surface area contributed by atoms with E-state index >= 15 is 0 Å². The molecule has 0 spiro atoms. The van der Waals surface area contributed by atoms with Crippen molar-refractivity contribution in [3.05, 3.63) is 71.3 Å². The van der Waals surface area contributed by atoms with Crippen LogP contribution in [0, 0.1) is 6.92 Å². The molecule has 0 aromatic heterocycles. The lowest BCUT2D eigenvalue weighted by atomic mass is 9.95. The summed E-state index contributed by atoms with van der Waals surface area (Å²) in [7, 11) is 0. The van der Waals surface area contributed by atoms with Gasteiger partial charge in [-0.2, -0.15) is 0 Å². The second-order valence-electron chi connectivity index (χ2n) is 5.51. The Labute approximate surface area is 127 Å². The van der Waals surface area contributed by atoms with Crippen LogP contribution in [-0.2, 0) is 4.79 Å². The van der Waals surface area contributed by atoms with Gasteiger partial charge in [-0.15, -0.1) is 0 Å². The molecule has 0 heterocycles. The van der Waals surface area contributed by atoms with Gasteiger partial charge >= 0.3 is 0 Å². The van der Waals surface area contributed by atoms with Crippen LogP contribution < -0.4 is 5.32 Å². The van der Waals surface area contributed by atoms with E-state index in [0.717, 1.165) is 17.5 Å². The molecule has 0 aliphatic heterocycles. The van der Waals surface area contributed by atoms with Crippen molar-refractivity contribution in [1.82, 2.24) is 5.32 Å². The van der Waals surface area contributed by atoms with Crippen molar-refractivity contribution in [1.29, 1.82) is 0 Å². The third kappa shape index (κ3) is 3.94. The molecule has 2 aromatic rings. The first-order chi connectivity index (χ1) is 10.1. The van der Waals surface area contributed by atoms with Gasteiger partial charge in [0.2, 0.25) is 5.91 Å². The average Bonchev–Trinajstić information content (AvgIpc) is 2.49. The molecule has 0 saturated heterocycles. The standard InChI is InChI=1S/C19H23NO/c1-4-18(17-8-6-5-7-9-17)19(21)20-15(3)16-12-10-14(2)11-13-16/h5-13,15,18H,4H2,1-3H3,(H,20,21). The van der Waals surface area contributed by atoms with Crippen molar-refractivity contribution < 1.29 is 4.79 Å². The van der Waals surface area contributed by atoms with Gasteiger partial charge in [0.15, 0.2) is 0 Å². The maximum atomic E-state index is 12.5. The Morgan fingerprint density at radius 2 is 1.62 bits per heavy atom. The van der Waals surface area contributed by atoms with E-state index in [2.05, 4.69) is 36.5 Å². The fourth-order valence-corrected chi connectivity index (χ4v) is 2.51. The molecular formula is C19H23NO. The van der Waals surface area contributed by atoms with Gasteiger partial charge in [0.05, 0.1) is 12.0 Å². The van der Waals surface area contributed by atoms with Crippen LogP contribution in [-0.4, -0.2) is 5.91 Å². The van der Waals surface area contributed by atoms with Crippen LogP contribution in [0.2, 0.25) is 0 Å². The van der Waals surface area contributed by atoms with Gasteiger partial charge in [-0.25, -0.2) is 0 Å². The summed E-state index contributed by atoms with van der Waals surface area (Å²) in [6.07, 6.45) is 0.802. The number of hydrogen-bond acceptors (Lipinski definition) is 1. The van der Waals surface area contributed by atoms with Gasteiger partial charge < -0.3 is 5.32 Å². The van der Waals surface area contributed by atoms with E-state index in [4.69, 9.17) is 0 Å². The highest BCUT2D eigenvalue weighted by Gasteiger charge is 2.20. The number of nitrogens with one attached hydrogen (secondary N) is 1. The summed E-state index contributed by atoms with van der Waals surface area (Å²) in [5.41, 5.74) is 3.44.